The molecule has 4 nitrogen and oxygen atoms in total. The van der Waals surface area contributed by atoms with E-state index in [4.69, 9.17) is 0 Å². The molecule has 1 N–H and O–H groups in total. The highest BCUT2D eigenvalue weighted by atomic mass is 16.2. The predicted octanol–water partition coefficient (Wildman–Crippen LogP) is 1.97. The van der Waals surface area contributed by atoms with Crippen molar-refractivity contribution < 1.29 is 9.59 Å². The monoisotopic (exact) mass is 244 g/mol. The van der Waals surface area contributed by atoms with E-state index >= 15 is 0 Å². The molecule has 0 aromatic heterocycles. The van der Waals surface area contributed by atoms with Crippen LogP contribution in [0.15, 0.2) is 30.0 Å². The lowest BCUT2D eigenvalue weighted by Crippen LogP contribution is -2.12. The Balaban J connectivity index is 2.52. The van der Waals surface area contributed by atoms with Crippen LogP contribution in [0.5, 0.6) is 0 Å². The third-order valence-electron chi connectivity index (χ3n) is 2.75. The molecule has 1 aromatic rings. The second-order valence-corrected chi connectivity index (χ2v) is 4.72. The summed E-state index contributed by atoms with van der Waals surface area (Å²) in [4.78, 5) is 25.9. The molecular weight excluding hydrogens is 228 g/mol. The molecule has 0 saturated carbocycles. The first-order valence-electron chi connectivity index (χ1n) is 5.79. The van der Waals surface area contributed by atoms with Crippen molar-refractivity contribution in [1.29, 1.82) is 0 Å². The van der Waals surface area contributed by atoms with Crippen LogP contribution in [-0.4, -0.2) is 30.7 Å². The number of carbonyl (C=O) groups is 2. The van der Waals surface area contributed by atoms with Gasteiger partial charge in [0.1, 0.15) is 0 Å². The number of amides is 1. The van der Waals surface area contributed by atoms with Gasteiger partial charge in [0.15, 0.2) is 5.78 Å². The molecular formula is C14H16N2O2. The summed E-state index contributed by atoms with van der Waals surface area (Å²) in [6.45, 7) is 1.93. The van der Waals surface area contributed by atoms with Gasteiger partial charge in [-0.3, -0.25) is 9.59 Å². The predicted molar refractivity (Wildman–Crippen MR) is 70.5 cm³/mol. The second kappa shape index (κ2) is 4.64. The lowest BCUT2D eigenvalue weighted by atomic mass is 10.0. The largest absolute Gasteiger partial charge is 0.383 e. The van der Waals surface area contributed by atoms with Crippen molar-refractivity contribution in [2.45, 2.75) is 13.3 Å². The van der Waals surface area contributed by atoms with Gasteiger partial charge in [-0.2, -0.15) is 0 Å². The fraction of sp³-hybridized carbons (Fsp3) is 0.286. The van der Waals surface area contributed by atoms with Crippen molar-refractivity contribution in [1.82, 2.24) is 4.90 Å². The molecule has 0 bridgehead atoms. The Bertz CT molecular complexity index is 545. The van der Waals surface area contributed by atoms with Crippen LogP contribution in [0.4, 0.5) is 5.69 Å². The normalized spacial score (nSPS) is 17.2. The van der Waals surface area contributed by atoms with Gasteiger partial charge in [0, 0.05) is 31.4 Å². The highest BCUT2D eigenvalue weighted by Crippen LogP contribution is 2.26. The molecule has 1 aliphatic heterocycles. The number of carbonyl (C=O) groups excluding carboxylic acids is 2. The fourth-order valence-electron chi connectivity index (χ4n) is 2.00. The third-order valence-corrected chi connectivity index (χ3v) is 2.75. The zero-order valence-electron chi connectivity index (χ0n) is 10.8. The molecule has 1 aliphatic rings. The van der Waals surface area contributed by atoms with E-state index in [0.29, 0.717) is 16.8 Å². The van der Waals surface area contributed by atoms with Gasteiger partial charge in [-0.15, -0.1) is 0 Å². The number of nitrogens with zero attached hydrogens (tertiary/aromatic N) is 1. The smallest absolute Gasteiger partial charge is 0.229 e. The maximum Gasteiger partial charge on any atom is 0.229 e. The molecule has 0 radical (unpaired) electrons. The standard InChI is InChI=1S/C14H16N2O2/c1-9-4-5-11-12(6-9)15-13(17)7-10(14(11)18)8-16(2)3/h4-6,8H,7H2,1-3H3,(H,15,17). The molecule has 0 saturated heterocycles. The molecule has 1 heterocycles. The molecule has 0 aliphatic carbocycles. The molecule has 4 heteroatoms. The van der Waals surface area contributed by atoms with E-state index in [9.17, 15) is 9.59 Å². The Kier molecular flexibility index (Phi) is 3.19. The number of rotatable bonds is 1. The third kappa shape index (κ3) is 2.42. The Labute approximate surface area is 106 Å². The number of hydrogen-bond acceptors (Lipinski definition) is 3. The first kappa shape index (κ1) is 12.4. The Morgan fingerprint density at radius 1 is 1.28 bits per heavy atom. The number of aryl methyl sites for hydroxylation is 1. The van der Waals surface area contributed by atoms with Crippen LogP contribution in [0.3, 0.4) is 0 Å². The highest BCUT2D eigenvalue weighted by molar-refractivity contribution is 6.18. The van der Waals surface area contributed by atoms with Crippen molar-refractivity contribution in [3.05, 3.63) is 41.1 Å². The molecule has 0 unspecified atom stereocenters. The summed E-state index contributed by atoms with van der Waals surface area (Å²) in [5.41, 5.74) is 2.69. The molecule has 0 fully saturated rings. The summed E-state index contributed by atoms with van der Waals surface area (Å²) in [5.74, 6) is -0.238. The second-order valence-electron chi connectivity index (χ2n) is 4.72. The number of ketones is 1. The van der Waals surface area contributed by atoms with E-state index < -0.39 is 0 Å². The number of hydrogen-bond donors (Lipinski definition) is 1. The lowest BCUT2D eigenvalue weighted by molar-refractivity contribution is -0.115. The van der Waals surface area contributed by atoms with E-state index in [-0.39, 0.29) is 18.1 Å². The van der Waals surface area contributed by atoms with Gasteiger partial charge < -0.3 is 10.2 Å². The molecule has 1 amide bonds. The average Bonchev–Trinajstić information content (AvgIpc) is 2.36. The van der Waals surface area contributed by atoms with E-state index in [2.05, 4.69) is 5.32 Å². The minimum absolute atomic E-state index is 0.0861. The first-order valence-corrected chi connectivity index (χ1v) is 5.79. The summed E-state index contributed by atoms with van der Waals surface area (Å²) >= 11 is 0. The quantitative estimate of drug-likeness (QED) is 0.768. The van der Waals surface area contributed by atoms with Crippen molar-refractivity contribution in [2.24, 2.45) is 0 Å². The van der Waals surface area contributed by atoms with Crippen LogP contribution in [-0.2, 0) is 4.79 Å². The number of fused-ring (bicyclic) bond motifs is 1. The SMILES string of the molecule is Cc1ccc2c(c1)NC(=O)CC(=CN(C)C)C2=O. The number of benzene rings is 1. The van der Waals surface area contributed by atoms with Crippen LogP contribution in [0.25, 0.3) is 0 Å². The first-order chi connectivity index (χ1) is 8.47. The van der Waals surface area contributed by atoms with Crippen LogP contribution in [0.1, 0.15) is 22.3 Å². The van der Waals surface area contributed by atoms with Crippen LogP contribution in [0.2, 0.25) is 0 Å². The van der Waals surface area contributed by atoms with Gasteiger partial charge in [-0.1, -0.05) is 6.07 Å². The van der Waals surface area contributed by atoms with Crippen molar-refractivity contribution in [2.75, 3.05) is 19.4 Å². The summed E-state index contributed by atoms with van der Waals surface area (Å²) in [7, 11) is 3.66. The number of anilines is 1. The number of Topliss-reactive ketones (excluding diaryl/α,β-unsaturated/α-hetero) is 1. The fourth-order valence-corrected chi connectivity index (χ4v) is 2.00. The average molecular weight is 244 g/mol. The van der Waals surface area contributed by atoms with Gasteiger partial charge in [-0.25, -0.2) is 0 Å². The lowest BCUT2D eigenvalue weighted by Gasteiger charge is -2.09. The van der Waals surface area contributed by atoms with Crippen LogP contribution < -0.4 is 5.32 Å². The van der Waals surface area contributed by atoms with Gasteiger partial charge in [-0.05, 0) is 24.6 Å². The van der Waals surface area contributed by atoms with Gasteiger partial charge in [0.2, 0.25) is 5.91 Å². The summed E-state index contributed by atoms with van der Waals surface area (Å²) in [5, 5.41) is 2.78. The summed E-state index contributed by atoms with van der Waals surface area (Å²) < 4.78 is 0. The minimum atomic E-state index is -0.152. The zero-order valence-corrected chi connectivity index (χ0v) is 10.8. The van der Waals surface area contributed by atoms with Crippen molar-refractivity contribution in [3.8, 4) is 0 Å². The van der Waals surface area contributed by atoms with Crippen LogP contribution >= 0.6 is 0 Å². The van der Waals surface area contributed by atoms with E-state index in [1.165, 1.54) is 0 Å². The van der Waals surface area contributed by atoms with E-state index in [1.54, 1.807) is 17.2 Å². The molecule has 2 rings (SSSR count). The molecule has 1 aromatic carbocycles. The number of nitrogens with one attached hydrogen (secondary N) is 1. The summed E-state index contributed by atoms with van der Waals surface area (Å²) in [6, 6.07) is 5.47. The molecule has 0 atom stereocenters. The molecule has 0 spiro atoms. The minimum Gasteiger partial charge on any atom is -0.383 e. The maximum atomic E-state index is 12.3. The van der Waals surface area contributed by atoms with E-state index in [0.717, 1.165) is 5.56 Å². The Morgan fingerprint density at radius 2 is 2.00 bits per heavy atom. The van der Waals surface area contributed by atoms with Gasteiger partial charge in [0.25, 0.3) is 0 Å². The van der Waals surface area contributed by atoms with Crippen LogP contribution in [0, 0.1) is 6.92 Å². The van der Waals surface area contributed by atoms with Crippen molar-refractivity contribution in [3.63, 3.8) is 0 Å². The molecule has 18 heavy (non-hydrogen) atoms. The van der Waals surface area contributed by atoms with E-state index in [1.807, 2.05) is 33.2 Å². The van der Waals surface area contributed by atoms with Gasteiger partial charge >= 0.3 is 0 Å². The maximum absolute atomic E-state index is 12.3. The Hall–Kier alpha value is -2.10. The van der Waals surface area contributed by atoms with Gasteiger partial charge in [0.05, 0.1) is 12.1 Å². The zero-order chi connectivity index (χ0) is 13.3. The highest BCUT2D eigenvalue weighted by Gasteiger charge is 2.24. The summed E-state index contributed by atoms with van der Waals surface area (Å²) in [6.07, 6.45) is 1.82. The Morgan fingerprint density at radius 3 is 2.67 bits per heavy atom. The topological polar surface area (TPSA) is 49.4 Å². The molecule has 94 valence electrons. The van der Waals surface area contributed by atoms with Crippen molar-refractivity contribution >= 4 is 17.4 Å².